The number of hydrogen-bond acceptors (Lipinski definition) is 14. The van der Waals surface area contributed by atoms with E-state index >= 15 is 0 Å². The highest BCUT2D eigenvalue weighted by Crippen LogP contribution is 2.48. The maximum atomic E-state index is 12.9. The number of quaternary nitrogens is 2. The van der Waals surface area contributed by atoms with Crippen molar-refractivity contribution in [1.82, 2.24) is 0 Å². The fourth-order valence-corrected chi connectivity index (χ4v) is 10.5. The van der Waals surface area contributed by atoms with Crippen molar-refractivity contribution in [3.8, 4) is 28.7 Å². The average molecular weight is 959 g/mol. The summed E-state index contributed by atoms with van der Waals surface area (Å²) in [6.45, 7) is 1.76. The molecule has 374 valence electrons. The first-order chi connectivity index (χ1) is 33.3. The van der Waals surface area contributed by atoms with E-state index in [4.69, 9.17) is 33.2 Å². The number of hydrogen-bond donors (Lipinski definition) is 5. The van der Waals surface area contributed by atoms with Gasteiger partial charge in [0.25, 0.3) is 0 Å². The standard InChI is InChI=1S/C53H70N2O14/c1-54(18-15-36-24-40(31-58)43(33-60)53(67-7)50(36)44(54)23-34-10-11-37(29-56)39(22-34)30-57)16-8-20-68-48(61)12-13-49(62)69-21-9-17-55(2)19-14-35-26-45(63-3)46(64-4)28-42(35)51(55)38-25-41(32-59)52(66-6)47(27-38)65-5/h10-13,22,24-28,44,51,56-60H,8-9,14-21,23,29-33H2,1-7H3/q+2/b13-12-. The molecule has 6 rings (SSSR count). The second-order valence-electron chi connectivity index (χ2n) is 18.2. The van der Waals surface area contributed by atoms with Crippen molar-refractivity contribution in [3.05, 3.63) is 122 Å². The van der Waals surface area contributed by atoms with E-state index < -0.39 is 11.9 Å². The Kier molecular flexibility index (Phi) is 18.1. The summed E-state index contributed by atoms with van der Waals surface area (Å²) < 4.78 is 40.9. The summed E-state index contributed by atoms with van der Waals surface area (Å²) in [6.07, 6.45) is 5.19. The molecule has 0 amide bonds. The summed E-state index contributed by atoms with van der Waals surface area (Å²) in [7, 11) is 12.2. The third-order valence-electron chi connectivity index (χ3n) is 14.1. The van der Waals surface area contributed by atoms with Gasteiger partial charge in [-0.3, -0.25) is 0 Å². The first-order valence-corrected chi connectivity index (χ1v) is 23.4. The number of aliphatic hydroxyl groups is 5. The van der Waals surface area contributed by atoms with Crippen molar-refractivity contribution in [2.24, 2.45) is 0 Å². The molecule has 2 aliphatic rings. The van der Waals surface area contributed by atoms with Crippen LogP contribution in [0.5, 0.6) is 28.7 Å². The molecule has 0 spiro atoms. The molecule has 0 fully saturated rings. The fourth-order valence-electron chi connectivity index (χ4n) is 10.5. The van der Waals surface area contributed by atoms with Gasteiger partial charge in [-0.05, 0) is 57.6 Å². The summed E-state index contributed by atoms with van der Waals surface area (Å²) >= 11 is 0. The van der Waals surface area contributed by atoms with Crippen LogP contribution in [0.4, 0.5) is 0 Å². The van der Waals surface area contributed by atoms with Gasteiger partial charge in [-0.15, -0.1) is 0 Å². The highest BCUT2D eigenvalue weighted by atomic mass is 16.5. The number of likely N-dealkylation sites (N-methyl/N-ethyl adjacent to an activating group) is 2. The second-order valence-corrected chi connectivity index (χ2v) is 18.2. The topological polar surface area (TPSA) is 200 Å². The van der Waals surface area contributed by atoms with Gasteiger partial charge in [-0.25, -0.2) is 9.59 Å². The van der Waals surface area contributed by atoms with Crippen molar-refractivity contribution in [2.75, 3.05) is 89.0 Å². The molecule has 0 saturated carbocycles. The van der Waals surface area contributed by atoms with Crippen LogP contribution in [0.1, 0.15) is 86.1 Å². The largest absolute Gasteiger partial charge is 0.496 e. The second kappa shape index (κ2) is 23.7. The molecule has 0 bridgehead atoms. The molecule has 16 nitrogen and oxygen atoms in total. The minimum atomic E-state index is -0.668. The van der Waals surface area contributed by atoms with Crippen molar-refractivity contribution >= 4 is 11.9 Å². The van der Waals surface area contributed by atoms with Crippen LogP contribution in [0.2, 0.25) is 0 Å². The van der Waals surface area contributed by atoms with Crippen molar-refractivity contribution in [2.45, 2.75) is 77.2 Å². The third kappa shape index (κ3) is 11.5. The van der Waals surface area contributed by atoms with Gasteiger partial charge < -0.3 is 67.7 Å². The Bertz CT molecular complexity index is 2450. The summed E-state index contributed by atoms with van der Waals surface area (Å²) in [6, 6.07) is 15.1. The Balaban J connectivity index is 1.09. The Morgan fingerprint density at radius 2 is 1.17 bits per heavy atom. The Hall–Kier alpha value is -5.72. The van der Waals surface area contributed by atoms with Crippen LogP contribution in [0.15, 0.2) is 60.7 Å². The zero-order valence-electron chi connectivity index (χ0n) is 41.0. The van der Waals surface area contributed by atoms with Gasteiger partial charge in [-0.1, -0.05) is 24.3 Å². The molecule has 0 radical (unpaired) electrons. The highest BCUT2D eigenvalue weighted by molar-refractivity contribution is 5.91. The molecule has 0 saturated heterocycles. The number of benzene rings is 4. The van der Waals surface area contributed by atoms with Crippen molar-refractivity contribution < 1.29 is 77.2 Å². The average Bonchev–Trinajstić information content (AvgIpc) is 3.37. The smallest absolute Gasteiger partial charge is 0.331 e. The van der Waals surface area contributed by atoms with Crippen LogP contribution in [-0.4, -0.2) is 135 Å². The number of esters is 2. The van der Waals surface area contributed by atoms with Crippen LogP contribution in [0, 0.1) is 0 Å². The number of methoxy groups -OCH3 is 5. The normalized spacial score (nSPS) is 19.7. The summed E-state index contributed by atoms with van der Waals surface area (Å²) in [5.74, 6) is 1.42. The highest BCUT2D eigenvalue weighted by Gasteiger charge is 2.43. The molecule has 5 N–H and O–H groups in total. The number of fused-ring (bicyclic) bond motifs is 2. The van der Waals surface area contributed by atoms with Gasteiger partial charge in [0.05, 0.1) is 128 Å². The SMILES string of the molecule is COc1cc2c(cc1OC)C(c1cc(CO)c(OC)c(OC)c1)[N+](C)(CCCOC(=O)/C=C\C(=O)OCCC[N+]1(C)CCc3cc(CO)c(CO)c(OC)c3C1Cc1ccc(CO)c(CO)c1)CC2. The molecular formula is C53H70N2O14+2. The number of carbonyl (C=O) groups is 2. The molecule has 69 heavy (non-hydrogen) atoms. The maximum absolute atomic E-state index is 12.9. The molecule has 16 heteroatoms. The maximum Gasteiger partial charge on any atom is 0.331 e. The lowest BCUT2D eigenvalue weighted by atomic mass is 9.82. The molecule has 2 aliphatic heterocycles. The van der Waals surface area contributed by atoms with Gasteiger partial charge in [0.15, 0.2) is 23.0 Å². The number of aliphatic hydroxyl groups excluding tert-OH is 5. The third-order valence-corrected chi connectivity index (χ3v) is 14.1. The Morgan fingerprint density at radius 1 is 0.594 bits per heavy atom. The molecule has 4 aromatic rings. The molecular weight excluding hydrogens is 889 g/mol. The molecule has 4 atom stereocenters. The summed E-state index contributed by atoms with van der Waals surface area (Å²) in [5, 5.41) is 50.8. The monoisotopic (exact) mass is 958 g/mol. The number of carbonyl (C=O) groups excluding carboxylic acids is 2. The fraction of sp³-hybridized carbons (Fsp3) is 0.472. The zero-order chi connectivity index (χ0) is 49.9. The quantitative estimate of drug-likeness (QED) is 0.0297. The molecule has 4 unspecified atom stereocenters. The van der Waals surface area contributed by atoms with Gasteiger partial charge in [0.1, 0.15) is 17.8 Å². The summed E-state index contributed by atoms with van der Waals surface area (Å²) in [5.41, 5.74) is 9.03. The zero-order valence-corrected chi connectivity index (χ0v) is 41.0. The van der Waals surface area contributed by atoms with Crippen molar-refractivity contribution in [3.63, 3.8) is 0 Å². The van der Waals surface area contributed by atoms with E-state index in [2.05, 4.69) is 14.1 Å². The minimum Gasteiger partial charge on any atom is -0.496 e. The van der Waals surface area contributed by atoms with Crippen LogP contribution in [-0.2, 0) is 71.4 Å². The first-order valence-electron chi connectivity index (χ1n) is 23.4. The van der Waals surface area contributed by atoms with Crippen LogP contribution in [0.25, 0.3) is 0 Å². The van der Waals surface area contributed by atoms with Gasteiger partial charge in [-0.2, -0.15) is 0 Å². The van der Waals surface area contributed by atoms with E-state index in [-0.39, 0.29) is 58.3 Å². The van der Waals surface area contributed by atoms with Gasteiger partial charge in [0, 0.05) is 66.5 Å². The lowest BCUT2D eigenvalue weighted by molar-refractivity contribution is -0.941. The predicted molar refractivity (Wildman–Crippen MR) is 256 cm³/mol. The minimum absolute atomic E-state index is 0.104. The lowest BCUT2D eigenvalue weighted by Gasteiger charge is -2.46. The van der Waals surface area contributed by atoms with E-state index in [1.54, 1.807) is 35.5 Å². The van der Waals surface area contributed by atoms with E-state index in [0.29, 0.717) is 104 Å². The predicted octanol–water partition coefficient (Wildman–Crippen LogP) is 4.69. The van der Waals surface area contributed by atoms with E-state index in [9.17, 15) is 35.1 Å². The lowest BCUT2D eigenvalue weighted by Crippen LogP contribution is -2.53. The number of ether oxygens (including phenoxy) is 7. The van der Waals surface area contributed by atoms with E-state index in [1.807, 2.05) is 48.5 Å². The van der Waals surface area contributed by atoms with Crippen LogP contribution in [0.3, 0.4) is 0 Å². The van der Waals surface area contributed by atoms with Gasteiger partial charge in [0.2, 0.25) is 0 Å². The molecule has 0 aliphatic carbocycles. The molecule has 0 aromatic heterocycles. The molecule has 2 heterocycles. The number of rotatable bonds is 23. The van der Waals surface area contributed by atoms with Crippen LogP contribution < -0.4 is 23.7 Å². The van der Waals surface area contributed by atoms with Gasteiger partial charge >= 0.3 is 11.9 Å². The van der Waals surface area contributed by atoms with E-state index in [0.717, 1.165) is 65.0 Å². The van der Waals surface area contributed by atoms with Crippen molar-refractivity contribution in [1.29, 1.82) is 0 Å². The Morgan fingerprint density at radius 3 is 1.75 bits per heavy atom. The molecule has 4 aromatic carbocycles. The first kappa shape index (κ1) is 52.6. The number of nitrogens with zero attached hydrogens (tertiary/aromatic N) is 2. The van der Waals surface area contributed by atoms with Crippen LogP contribution >= 0.6 is 0 Å². The Labute approximate surface area is 405 Å². The van der Waals surface area contributed by atoms with E-state index in [1.165, 1.54) is 0 Å². The summed E-state index contributed by atoms with van der Waals surface area (Å²) in [4.78, 5) is 25.7.